The lowest BCUT2D eigenvalue weighted by atomic mass is 10.2. The van der Waals surface area contributed by atoms with Crippen molar-refractivity contribution in [3.8, 4) is 0 Å². The first-order chi connectivity index (χ1) is 7.99. The summed E-state index contributed by atoms with van der Waals surface area (Å²) in [7, 11) is 0. The molecule has 0 atom stereocenters. The van der Waals surface area contributed by atoms with Crippen LogP contribution in [0.1, 0.15) is 13.8 Å². The Morgan fingerprint density at radius 2 is 2.18 bits per heavy atom. The van der Waals surface area contributed by atoms with E-state index in [1.807, 2.05) is 12.1 Å². The van der Waals surface area contributed by atoms with E-state index in [1.165, 1.54) is 0 Å². The molecule has 94 valence electrons. The van der Waals surface area contributed by atoms with Crippen molar-refractivity contribution < 1.29 is 4.79 Å². The number of carbonyl (C=O) groups is 1. The van der Waals surface area contributed by atoms with Gasteiger partial charge >= 0.3 is 0 Å². The molecule has 0 aliphatic rings. The van der Waals surface area contributed by atoms with Gasteiger partial charge in [-0.25, -0.2) is 0 Å². The first-order valence-electron chi connectivity index (χ1n) is 5.44. The van der Waals surface area contributed by atoms with E-state index < -0.39 is 0 Å². The molecule has 0 heterocycles. The Morgan fingerprint density at radius 1 is 1.47 bits per heavy atom. The lowest BCUT2D eigenvalue weighted by molar-refractivity contribution is -0.119. The highest BCUT2D eigenvalue weighted by molar-refractivity contribution is 9.10. The van der Waals surface area contributed by atoms with Gasteiger partial charge in [-0.1, -0.05) is 25.4 Å². The Morgan fingerprint density at radius 3 is 2.76 bits per heavy atom. The maximum atomic E-state index is 11.5. The van der Waals surface area contributed by atoms with Crippen LogP contribution in [0.25, 0.3) is 0 Å². The second-order valence-corrected chi connectivity index (χ2v) is 5.44. The highest BCUT2D eigenvalue weighted by Gasteiger charge is 2.03. The first kappa shape index (κ1) is 14.3. The van der Waals surface area contributed by atoms with Crippen molar-refractivity contribution in [1.29, 1.82) is 0 Å². The van der Waals surface area contributed by atoms with Gasteiger partial charge in [-0.3, -0.25) is 4.79 Å². The normalized spacial score (nSPS) is 10.4. The van der Waals surface area contributed by atoms with Crippen molar-refractivity contribution in [3.05, 3.63) is 27.7 Å². The molecule has 0 spiro atoms. The zero-order valence-electron chi connectivity index (χ0n) is 9.89. The summed E-state index contributed by atoms with van der Waals surface area (Å²) in [6, 6.07) is 5.49. The van der Waals surface area contributed by atoms with Gasteiger partial charge in [0.05, 0.1) is 11.6 Å². The third-order valence-corrected chi connectivity index (χ3v) is 3.31. The summed E-state index contributed by atoms with van der Waals surface area (Å²) < 4.78 is 0.842. The lowest BCUT2D eigenvalue weighted by Gasteiger charge is -2.09. The molecule has 17 heavy (non-hydrogen) atoms. The summed E-state index contributed by atoms with van der Waals surface area (Å²) in [5, 5.41) is 6.48. The number of carbonyl (C=O) groups excluding carboxylic acids is 1. The Labute approximate surface area is 115 Å². The van der Waals surface area contributed by atoms with E-state index in [4.69, 9.17) is 11.6 Å². The third-order valence-electron chi connectivity index (χ3n) is 2.08. The summed E-state index contributed by atoms with van der Waals surface area (Å²) in [5.41, 5.74) is 0.831. The number of halogens is 2. The molecule has 3 nitrogen and oxygen atoms in total. The molecule has 0 fully saturated rings. The van der Waals surface area contributed by atoms with E-state index in [2.05, 4.69) is 40.4 Å². The van der Waals surface area contributed by atoms with Crippen LogP contribution in [-0.2, 0) is 4.79 Å². The molecule has 0 aliphatic carbocycles. The maximum Gasteiger partial charge on any atom is 0.239 e. The minimum absolute atomic E-state index is 0.0160. The second kappa shape index (κ2) is 6.87. The van der Waals surface area contributed by atoms with Crippen LogP contribution in [0.4, 0.5) is 5.69 Å². The smallest absolute Gasteiger partial charge is 0.239 e. The molecule has 0 aromatic heterocycles. The second-order valence-electron chi connectivity index (χ2n) is 4.18. The van der Waals surface area contributed by atoms with Gasteiger partial charge in [0.1, 0.15) is 0 Å². The quantitative estimate of drug-likeness (QED) is 0.874. The van der Waals surface area contributed by atoms with Crippen LogP contribution in [0, 0.1) is 5.92 Å². The van der Waals surface area contributed by atoms with Gasteiger partial charge < -0.3 is 10.6 Å². The van der Waals surface area contributed by atoms with Gasteiger partial charge in [-0.2, -0.15) is 0 Å². The number of rotatable bonds is 5. The number of amides is 1. The molecule has 1 amide bonds. The summed E-state index contributed by atoms with van der Waals surface area (Å²) >= 11 is 9.26. The monoisotopic (exact) mass is 318 g/mol. The van der Waals surface area contributed by atoms with E-state index in [9.17, 15) is 4.79 Å². The van der Waals surface area contributed by atoms with Gasteiger partial charge in [0, 0.05) is 16.7 Å². The Bertz CT molecular complexity index is 396. The molecule has 1 rings (SSSR count). The molecule has 0 unspecified atom stereocenters. The molecule has 1 aromatic rings. The standard InChI is InChI=1S/C12H16BrClN2O/c1-8(2)6-16-12(17)7-15-9-3-4-10(13)11(14)5-9/h3-5,8,15H,6-7H2,1-2H3,(H,16,17). The predicted octanol–water partition coefficient (Wildman–Crippen LogP) is 3.29. The Balaban J connectivity index is 2.39. The average Bonchev–Trinajstić information content (AvgIpc) is 2.28. The molecular weight excluding hydrogens is 304 g/mol. The largest absolute Gasteiger partial charge is 0.376 e. The zero-order valence-corrected chi connectivity index (χ0v) is 12.2. The number of benzene rings is 1. The first-order valence-corrected chi connectivity index (χ1v) is 6.61. The van der Waals surface area contributed by atoms with Gasteiger partial charge in [-0.15, -0.1) is 0 Å². The highest BCUT2D eigenvalue weighted by Crippen LogP contribution is 2.25. The van der Waals surface area contributed by atoms with E-state index in [1.54, 1.807) is 6.07 Å². The van der Waals surface area contributed by atoms with Gasteiger partial charge in [0.2, 0.25) is 5.91 Å². The van der Waals surface area contributed by atoms with E-state index in [0.29, 0.717) is 17.5 Å². The predicted molar refractivity (Wildman–Crippen MR) is 75.5 cm³/mol. The number of hydrogen-bond donors (Lipinski definition) is 2. The minimum atomic E-state index is -0.0160. The SMILES string of the molecule is CC(C)CNC(=O)CNc1ccc(Br)c(Cl)c1. The van der Waals surface area contributed by atoms with Crippen molar-refractivity contribution in [2.45, 2.75) is 13.8 Å². The average molecular weight is 320 g/mol. The van der Waals surface area contributed by atoms with Crippen molar-refractivity contribution in [2.75, 3.05) is 18.4 Å². The topological polar surface area (TPSA) is 41.1 Å². The summed E-state index contributed by atoms with van der Waals surface area (Å²) in [6.07, 6.45) is 0. The summed E-state index contributed by atoms with van der Waals surface area (Å²) in [6.45, 7) is 5.07. The van der Waals surface area contributed by atoms with Crippen LogP contribution in [0.3, 0.4) is 0 Å². The molecule has 0 radical (unpaired) electrons. The molecule has 0 aliphatic heterocycles. The maximum absolute atomic E-state index is 11.5. The molecule has 0 saturated carbocycles. The lowest BCUT2D eigenvalue weighted by Crippen LogP contribution is -2.32. The van der Waals surface area contributed by atoms with Crippen LogP contribution >= 0.6 is 27.5 Å². The number of hydrogen-bond acceptors (Lipinski definition) is 2. The van der Waals surface area contributed by atoms with Crippen LogP contribution in [0.15, 0.2) is 22.7 Å². The van der Waals surface area contributed by atoms with E-state index >= 15 is 0 Å². The molecule has 0 bridgehead atoms. The fourth-order valence-electron chi connectivity index (χ4n) is 1.17. The molecule has 0 saturated heterocycles. The molecule has 2 N–H and O–H groups in total. The van der Waals surface area contributed by atoms with Crippen LogP contribution in [0.2, 0.25) is 5.02 Å². The number of anilines is 1. The van der Waals surface area contributed by atoms with Gasteiger partial charge in [-0.05, 0) is 40.0 Å². The van der Waals surface area contributed by atoms with E-state index in [-0.39, 0.29) is 12.5 Å². The highest BCUT2D eigenvalue weighted by atomic mass is 79.9. The molecular formula is C12H16BrClN2O. The molecule has 5 heteroatoms. The fourth-order valence-corrected chi connectivity index (χ4v) is 1.60. The Hall–Kier alpha value is -0.740. The summed E-state index contributed by atoms with van der Waals surface area (Å²) in [5.74, 6) is 0.443. The van der Waals surface area contributed by atoms with Crippen molar-refractivity contribution in [2.24, 2.45) is 5.92 Å². The van der Waals surface area contributed by atoms with Crippen LogP contribution in [0.5, 0.6) is 0 Å². The van der Waals surface area contributed by atoms with Crippen molar-refractivity contribution >= 4 is 39.1 Å². The van der Waals surface area contributed by atoms with Gasteiger partial charge in [0.15, 0.2) is 0 Å². The Kier molecular flexibility index (Phi) is 5.78. The van der Waals surface area contributed by atoms with Gasteiger partial charge in [0.25, 0.3) is 0 Å². The van der Waals surface area contributed by atoms with E-state index in [0.717, 1.165) is 10.2 Å². The molecule has 1 aromatic carbocycles. The van der Waals surface area contributed by atoms with Crippen molar-refractivity contribution in [3.63, 3.8) is 0 Å². The summed E-state index contributed by atoms with van der Waals surface area (Å²) in [4.78, 5) is 11.5. The third kappa shape index (κ3) is 5.41. The zero-order chi connectivity index (χ0) is 12.8. The van der Waals surface area contributed by atoms with Crippen molar-refractivity contribution in [1.82, 2.24) is 5.32 Å². The van der Waals surface area contributed by atoms with Crippen LogP contribution < -0.4 is 10.6 Å². The number of nitrogens with one attached hydrogen (secondary N) is 2. The minimum Gasteiger partial charge on any atom is -0.376 e. The van der Waals surface area contributed by atoms with Crippen LogP contribution in [-0.4, -0.2) is 19.0 Å². The fraction of sp³-hybridized carbons (Fsp3) is 0.417.